The summed E-state index contributed by atoms with van der Waals surface area (Å²) in [6.45, 7) is 5.82. The van der Waals surface area contributed by atoms with E-state index in [4.69, 9.17) is 0 Å². The lowest BCUT2D eigenvalue weighted by molar-refractivity contribution is -0.140. The van der Waals surface area contributed by atoms with Crippen molar-refractivity contribution in [2.75, 3.05) is 23.7 Å². The van der Waals surface area contributed by atoms with Crippen LogP contribution in [0.4, 0.5) is 5.69 Å². The highest BCUT2D eigenvalue weighted by atomic mass is 79.9. The maximum Gasteiger partial charge on any atom is 0.244 e. The van der Waals surface area contributed by atoms with E-state index in [2.05, 4.69) is 21.2 Å². The van der Waals surface area contributed by atoms with E-state index in [1.54, 1.807) is 24.3 Å². The van der Waals surface area contributed by atoms with Crippen molar-refractivity contribution in [2.45, 2.75) is 39.8 Å². The molecule has 0 aromatic heterocycles. The van der Waals surface area contributed by atoms with Crippen LogP contribution in [-0.2, 0) is 26.2 Å². The van der Waals surface area contributed by atoms with Crippen molar-refractivity contribution in [1.82, 2.24) is 10.2 Å². The fourth-order valence-corrected chi connectivity index (χ4v) is 4.91. The van der Waals surface area contributed by atoms with Gasteiger partial charge in [-0.3, -0.25) is 13.9 Å². The number of rotatable bonds is 10. The highest BCUT2D eigenvalue weighted by Crippen LogP contribution is 2.28. The van der Waals surface area contributed by atoms with Gasteiger partial charge in [0.05, 0.1) is 11.9 Å². The zero-order valence-electron chi connectivity index (χ0n) is 18.8. The Hall–Kier alpha value is -2.39. The van der Waals surface area contributed by atoms with Gasteiger partial charge in [0, 0.05) is 17.6 Å². The molecule has 0 unspecified atom stereocenters. The molecule has 0 spiro atoms. The van der Waals surface area contributed by atoms with E-state index in [9.17, 15) is 18.0 Å². The van der Waals surface area contributed by atoms with Gasteiger partial charge < -0.3 is 10.2 Å². The minimum Gasteiger partial charge on any atom is -0.355 e. The Labute approximate surface area is 199 Å². The van der Waals surface area contributed by atoms with Crippen molar-refractivity contribution >= 4 is 43.5 Å². The van der Waals surface area contributed by atoms with Crippen molar-refractivity contribution in [2.24, 2.45) is 0 Å². The number of carbonyl (C=O) groups is 2. The lowest BCUT2D eigenvalue weighted by Gasteiger charge is -2.33. The van der Waals surface area contributed by atoms with Crippen molar-refractivity contribution in [3.63, 3.8) is 0 Å². The number of amides is 2. The number of aryl methyl sites for hydroxylation is 1. The Morgan fingerprint density at radius 3 is 2.25 bits per heavy atom. The monoisotopic (exact) mass is 523 g/mol. The molecule has 32 heavy (non-hydrogen) atoms. The quantitative estimate of drug-likeness (QED) is 0.516. The number of benzene rings is 2. The Morgan fingerprint density at radius 2 is 1.69 bits per heavy atom. The third kappa shape index (κ3) is 6.56. The SMILES string of the molecule is CCNC(=O)[C@@H](CC)N(Cc1ccccc1C)C(=O)CN(c1ccccc1Br)S(C)(=O)=O. The zero-order chi connectivity index (χ0) is 23.9. The number of nitrogens with one attached hydrogen (secondary N) is 1. The summed E-state index contributed by atoms with van der Waals surface area (Å²) in [6, 6.07) is 13.7. The van der Waals surface area contributed by atoms with Gasteiger partial charge in [-0.2, -0.15) is 0 Å². The normalized spacial score (nSPS) is 12.2. The molecule has 0 heterocycles. The molecule has 174 valence electrons. The van der Waals surface area contributed by atoms with Gasteiger partial charge in [-0.25, -0.2) is 8.42 Å². The molecular formula is C23H30BrN3O4S. The first kappa shape index (κ1) is 25.9. The van der Waals surface area contributed by atoms with Crippen LogP contribution in [0.5, 0.6) is 0 Å². The van der Waals surface area contributed by atoms with Crippen LogP contribution in [0.2, 0.25) is 0 Å². The molecule has 2 amide bonds. The number of carbonyl (C=O) groups excluding carboxylic acids is 2. The molecule has 0 saturated carbocycles. The molecule has 0 fully saturated rings. The predicted octanol–water partition coefficient (Wildman–Crippen LogP) is 3.47. The van der Waals surface area contributed by atoms with E-state index in [-0.39, 0.29) is 12.5 Å². The summed E-state index contributed by atoms with van der Waals surface area (Å²) in [5.41, 5.74) is 2.25. The summed E-state index contributed by atoms with van der Waals surface area (Å²) in [4.78, 5) is 27.8. The van der Waals surface area contributed by atoms with Gasteiger partial charge in [0.1, 0.15) is 12.6 Å². The van der Waals surface area contributed by atoms with Gasteiger partial charge >= 0.3 is 0 Å². The maximum absolute atomic E-state index is 13.5. The summed E-state index contributed by atoms with van der Waals surface area (Å²) in [5.74, 6) is -0.712. The number of hydrogen-bond acceptors (Lipinski definition) is 4. The van der Waals surface area contributed by atoms with Crippen LogP contribution in [0.3, 0.4) is 0 Å². The Kier molecular flexibility index (Phi) is 9.27. The molecule has 0 aliphatic carbocycles. The van der Waals surface area contributed by atoms with Gasteiger partial charge in [0.15, 0.2) is 0 Å². The van der Waals surface area contributed by atoms with Crippen molar-refractivity contribution in [3.05, 3.63) is 64.1 Å². The molecule has 0 aliphatic heterocycles. The molecule has 1 N–H and O–H groups in total. The lowest BCUT2D eigenvalue weighted by Crippen LogP contribution is -2.52. The third-order valence-corrected chi connectivity index (χ3v) is 6.94. The molecular weight excluding hydrogens is 494 g/mol. The van der Waals surface area contributed by atoms with Crippen LogP contribution in [0.1, 0.15) is 31.4 Å². The van der Waals surface area contributed by atoms with Gasteiger partial charge in [-0.1, -0.05) is 43.3 Å². The van der Waals surface area contributed by atoms with Crippen molar-refractivity contribution in [1.29, 1.82) is 0 Å². The van der Waals surface area contributed by atoms with Gasteiger partial charge in [-0.15, -0.1) is 0 Å². The minimum absolute atomic E-state index is 0.203. The lowest BCUT2D eigenvalue weighted by atomic mass is 10.1. The maximum atomic E-state index is 13.5. The summed E-state index contributed by atoms with van der Waals surface area (Å²) >= 11 is 3.37. The molecule has 7 nitrogen and oxygen atoms in total. The molecule has 1 atom stereocenters. The summed E-state index contributed by atoms with van der Waals surface area (Å²) < 4.78 is 26.8. The van der Waals surface area contributed by atoms with Crippen LogP contribution in [0, 0.1) is 6.92 Å². The Morgan fingerprint density at radius 1 is 1.06 bits per heavy atom. The second kappa shape index (κ2) is 11.5. The van der Waals surface area contributed by atoms with Crippen LogP contribution in [-0.4, -0.2) is 50.5 Å². The highest BCUT2D eigenvalue weighted by molar-refractivity contribution is 9.10. The number of likely N-dealkylation sites (N-methyl/N-ethyl adjacent to an activating group) is 1. The number of anilines is 1. The second-order valence-electron chi connectivity index (χ2n) is 7.49. The van der Waals surface area contributed by atoms with Crippen LogP contribution in [0.25, 0.3) is 0 Å². The first-order chi connectivity index (χ1) is 15.1. The number of sulfonamides is 1. The number of hydrogen-bond donors (Lipinski definition) is 1. The van der Waals surface area contributed by atoms with E-state index in [1.807, 2.05) is 45.0 Å². The van der Waals surface area contributed by atoms with E-state index in [1.165, 1.54) is 4.90 Å². The van der Waals surface area contributed by atoms with Crippen LogP contribution >= 0.6 is 15.9 Å². The van der Waals surface area contributed by atoms with Crippen LogP contribution in [0.15, 0.2) is 53.0 Å². The Balaban J connectivity index is 2.46. The van der Waals surface area contributed by atoms with Crippen molar-refractivity contribution < 1.29 is 18.0 Å². The topological polar surface area (TPSA) is 86.8 Å². The highest BCUT2D eigenvalue weighted by Gasteiger charge is 2.32. The molecule has 2 rings (SSSR count). The third-order valence-electron chi connectivity index (χ3n) is 5.14. The standard InChI is InChI=1S/C23H30BrN3O4S/c1-5-20(23(29)25-6-2)26(15-18-12-8-7-11-17(18)3)22(28)16-27(32(4,30)31)21-14-10-9-13-19(21)24/h7-14,20H,5-6,15-16H2,1-4H3,(H,25,29)/t20-/m1/s1. The molecule has 0 bridgehead atoms. The van der Waals surface area contributed by atoms with E-state index in [0.29, 0.717) is 23.1 Å². The summed E-state index contributed by atoms with van der Waals surface area (Å²) in [5, 5.41) is 2.78. The number of halogens is 1. The Bertz CT molecular complexity index is 1060. The smallest absolute Gasteiger partial charge is 0.244 e. The molecule has 0 saturated heterocycles. The average Bonchev–Trinajstić information content (AvgIpc) is 2.73. The molecule has 0 aliphatic rings. The predicted molar refractivity (Wildman–Crippen MR) is 131 cm³/mol. The summed E-state index contributed by atoms with van der Waals surface area (Å²) in [6.07, 6.45) is 1.46. The molecule has 2 aromatic carbocycles. The minimum atomic E-state index is -3.76. The molecule has 2 aromatic rings. The number of nitrogens with zero attached hydrogens (tertiary/aromatic N) is 2. The van der Waals surface area contributed by atoms with Crippen LogP contribution < -0.4 is 9.62 Å². The van der Waals surface area contributed by atoms with Crippen molar-refractivity contribution in [3.8, 4) is 0 Å². The first-order valence-electron chi connectivity index (χ1n) is 10.4. The largest absolute Gasteiger partial charge is 0.355 e. The van der Waals surface area contributed by atoms with Gasteiger partial charge in [0.2, 0.25) is 21.8 Å². The van der Waals surface area contributed by atoms with Gasteiger partial charge in [-0.05, 0) is 59.5 Å². The zero-order valence-corrected chi connectivity index (χ0v) is 21.2. The number of para-hydroxylation sites is 1. The fourth-order valence-electron chi connectivity index (χ4n) is 3.43. The first-order valence-corrected chi connectivity index (χ1v) is 13.1. The second-order valence-corrected chi connectivity index (χ2v) is 10.2. The molecule has 0 radical (unpaired) electrons. The fraction of sp³-hybridized carbons (Fsp3) is 0.391. The van der Waals surface area contributed by atoms with E-state index in [0.717, 1.165) is 21.7 Å². The average molecular weight is 524 g/mol. The summed E-state index contributed by atoms with van der Waals surface area (Å²) in [7, 11) is -3.76. The van der Waals surface area contributed by atoms with E-state index >= 15 is 0 Å². The van der Waals surface area contributed by atoms with Gasteiger partial charge in [0.25, 0.3) is 0 Å². The van der Waals surface area contributed by atoms with E-state index < -0.39 is 28.5 Å². The molecule has 9 heteroatoms.